The van der Waals surface area contributed by atoms with Gasteiger partial charge in [0.1, 0.15) is 23.6 Å². The highest BCUT2D eigenvalue weighted by atomic mass is 16.5. The molecule has 2 heterocycles. The van der Waals surface area contributed by atoms with Gasteiger partial charge in [0.05, 0.1) is 12.7 Å². The number of nitrogens with zero attached hydrogens (tertiary/aromatic N) is 1. The van der Waals surface area contributed by atoms with E-state index in [4.69, 9.17) is 13.6 Å². The van der Waals surface area contributed by atoms with E-state index in [1.54, 1.807) is 6.26 Å². The number of carbonyl (C=O) groups is 1. The van der Waals surface area contributed by atoms with Crippen LogP contribution in [-0.4, -0.2) is 11.0 Å². The van der Waals surface area contributed by atoms with Crippen LogP contribution in [0.5, 0.6) is 0 Å². The maximum atomic E-state index is 12.3. The van der Waals surface area contributed by atoms with E-state index in [2.05, 4.69) is 4.98 Å². The van der Waals surface area contributed by atoms with Crippen molar-refractivity contribution in [1.82, 2.24) is 4.98 Å². The van der Waals surface area contributed by atoms with Gasteiger partial charge >= 0.3 is 5.97 Å². The van der Waals surface area contributed by atoms with Crippen molar-refractivity contribution in [2.75, 3.05) is 0 Å². The van der Waals surface area contributed by atoms with Crippen molar-refractivity contribution in [3.8, 4) is 11.5 Å². The second kappa shape index (κ2) is 7.35. The molecule has 0 bridgehead atoms. The lowest BCUT2D eigenvalue weighted by Crippen LogP contribution is -2.08. The van der Waals surface area contributed by atoms with E-state index in [1.165, 1.54) is 0 Å². The molecule has 28 heavy (non-hydrogen) atoms. The van der Waals surface area contributed by atoms with Gasteiger partial charge in [0.2, 0.25) is 5.89 Å². The molecule has 0 atom stereocenters. The summed E-state index contributed by atoms with van der Waals surface area (Å²) >= 11 is 0. The summed E-state index contributed by atoms with van der Waals surface area (Å²) in [6, 6.07) is 13.7. The Labute approximate surface area is 163 Å². The fourth-order valence-electron chi connectivity index (χ4n) is 3.09. The number of aryl methyl sites for hydroxylation is 3. The topological polar surface area (TPSA) is 65.5 Å². The zero-order valence-corrected chi connectivity index (χ0v) is 16.1. The summed E-state index contributed by atoms with van der Waals surface area (Å²) in [4.78, 5) is 16.8. The van der Waals surface area contributed by atoms with Crippen LogP contribution >= 0.6 is 0 Å². The van der Waals surface area contributed by atoms with Crippen LogP contribution in [0.3, 0.4) is 0 Å². The minimum atomic E-state index is -0.329. The molecule has 0 saturated heterocycles. The monoisotopic (exact) mass is 375 g/mol. The first-order chi connectivity index (χ1) is 13.5. The van der Waals surface area contributed by atoms with Crippen molar-refractivity contribution < 1.29 is 18.4 Å². The van der Waals surface area contributed by atoms with E-state index in [-0.39, 0.29) is 19.0 Å². The molecule has 2 aromatic carbocycles. The highest BCUT2D eigenvalue weighted by molar-refractivity contribution is 5.86. The number of aromatic nitrogens is 1. The minimum Gasteiger partial charge on any atom is -0.464 e. The van der Waals surface area contributed by atoms with Gasteiger partial charge in [-0.2, -0.15) is 0 Å². The number of carbonyl (C=O) groups excluding carboxylic acids is 1. The van der Waals surface area contributed by atoms with E-state index in [1.807, 2.05) is 63.2 Å². The van der Waals surface area contributed by atoms with Crippen LogP contribution in [0, 0.1) is 20.8 Å². The third-order valence-electron chi connectivity index (χ3n) is 4.89. The van der Waals surface area contributed by atoms with Crippen LogP contribution < -0.4 is 0 Å². The lowest BCUT2D eigenvalue weighted by molar-refractivity contribution is -0.144. The zero-order valence-electron chi connectivity index (χ0n) is 16.1. The molecule has 142 valence electrons. The molecule has 2 aromatic heterocycles. The normalized spacial score (nSPS) is 11.1. The van der Waals surface area contributed by atoms with Crippen molar-refractivity contribution in [2.45, 2.75) is 33.8 Å². The summed E-state index contributed by atoms with van der Waals surface area (Å²) in [5.41, 5.74) is 5.44. The summed E-state index contributed by atoms with van der Waals surface area (Å²) in [7, 11) is 0. The number of hydrogen-bond donors (Lipinski definition) is 0. The maximum absolute atomic E-state index is 12.3. The van der Waals surface area contributed by atoms with Gasteiger partial charge in [-0.05, 0) is 56.2 Å². The fourth-order valence-corrected chi connectivity index (χ4v) is 3.09. The van der Waals surface area contributed by atoms with Crippen LogP contribution in [0.1, 0.15) is 28.1 Å². The number of esters is 1. The molecule has 5 nitrogen and oxygen atoms in total. The lowest BCUT2D eigenvalue weighted by atomic mass is 10.0. The molecule has 0 unspecified atom stereocenters. The molecule has 4 rings (SSSR count). The van der Waals surface area contributed by atoms with E-state index in [9.17, 15) is 4.79 Å². The van der Waals surface area contributed by atoms with Crippen molar-refractivity contribution >= 4 is 16.9 Å². The molecule has 0 spiro atoms. The maximum Gasteiger partial charge on any atom is 0.310 e. The van der Waals surface area contributed by atoms with Crippen LogP contribution in [0.2, 0.25) is 0 Å². The van der Waals surface area contributed by atoms with Crippen molar-refractivity contribution in [3.05, 3.63) is 76.9 Å². The molecule has 0 aliphatic heterocycles. The van der Waals surface area contributed by atoms with E-state index in [0.29, 0.717) is 17.3 Å². The van der Waals surface area contributed by atoms with Crippen LogP contribution in [-0.2, 0) is 22.6 Å². The Hall–Kier alpha value is -3.34. The first-order valence-electron chi connectivity index (χ1n) is 9.16. The second-order valence-electron chi connectivity index (χ2n) is 6.92. The Morgan fingerprint density at radius 3 is 2.61 bits per heavy atom. The predicted molar refractivity (Wildman–Crippen MR) is 106 cm³/mol. The lowest BCUT2D eigenvalue weighted by Gasteiger charge is -2.03. The van der Waals surface area contributed by atoms with Gasteiger partial charge in [0.15, 0.2) is 0 Å². The van der Waals surface area contributed by atoms with Crippen molar-refractivity contribution in [3.63, 3.8) is 0 Å². The molecule has 4 aromatic rings. The summed E-state index contributed by atoms with van der Waals surface area (Å²) in [6.07, 6.45) is 1.78. The van der Waals surface area contributed by atoms with Gasteiger partial charge in [-0.3, -0.25) is 4.79 Å². The first-order valence-corrected chi connectivity index (χ1v) is 9.16. The number of oxazole rings is 1. The molecular weight excluding hydrogens is 354 g/mol. The van der Waals surface area contributed by atoms with Gasteiger partial charge in [0.25, 0.3) is 0 Å². The van der Waals surface area contributed by atoms with Crippen molar-refractivity contribution in [2.24, 2.45) is 0 Å². The zero-order chi connectivity index (χ0) is 19.7. The molecule has 0 aliphatic rings. The summed E-state index contributed by atoms with van der Waals surface area (Å²) < 4.78 is 16.7. The first kappa shape index (κ1) is 18.0. The average molecular weight is 375 g/mol. The molecule has 0 fully saturated rings. The standard InChI is InChI=1S/C23H21NO4/c1-14-9-19-18(12-26-21(19)10-15(14)2)11-22(25)27-13-20-16(3)28-23(24-20)17-7-5-4-6-8-17/h4-10,12H,11,13H2,1-3H3. The van der Waals surface area contributed by atoms with Gasteiger partial charge in [0, 0.05) is 16.5 Å². The Morgan fingerprint density at radius 1 is 1.07 bits per heavy atom. The van der Waals surface area contributed by atoms with Gasteiger partial charge in [-0.15, -0.1) is 0 Å². The summed E-state index contributed by atoms with van der Waals surface area (Å²) in [5, 5.41) is 0.948. The highest BCUT2D eigenvalue weighted by Gasteiger charge is 2.16. The molecular formula is C23H21NO4. The van der Waals surface area contributed by atoms with E-state index < -0.39 is 0 Å². The summed E-state index contributed by atoms with van der Waals surface area (Å²) in [6.45, 7) is 5.98. The Bertz CT molecular complexity index is 1140. The molecule has 0 radical (unpaired) electrons. The fraction of sp³-hybridized carbons (Fsp3) is 0.217. The number of hydrogen-bond acceptors (Lipinski definition) is 5. The molecule has 0 N–H and O–H groups in total. The molecule has 0 amide bonds. The van der Waals surface area contributed by atoms with E-state index >= 15 is 0 Å². The Morgan fingerprint density at radius 2 is 1.82 bits per heavy atom. The van der Waals surface area contributed by atoms with Crippen molar-refractivity contribution in [1.29, 1.82) is 0 Å². The molecule has 0 aliphatic carbocycles. The smallest absolute Gasteiger partial charge is 0.310 e. The van der Waals surface area contributed by atoms with Crippen LogP contribution in [0.4, 0.5) is 0 Å². The second-order valence-corrected chi connectivity index (χ2v) is 6.92. The number of fused-ring (bicyclic) bond motifs is 1. The Balaban J connectivity index is 1.44. The van der Waals surface area contributed by atoms with E-state index in [0.717, 1.165) is 33.2 Å². The quantitative estimate of drug-likeness (QED) is 0.443. The SMILES string of the molecule is Cc1cc2occ(CC(=O)OCc3nc(-c4ccccc4)oc3C)c2cc1C. The van der Waals surface area contributed by atoms with Gasteiger partial charge in [-0.25, -0.2) is 4.98 Å². The number of furan rings is 1. The Kier molecular flexibility index (Phi) is 4.74. The third-order valence-corrected chi connectivity index (χ3v) is 4.89. The number of benzene rings is 2. The van der Waals surface area contributed by atoms with Gasteiger partial charge < -0.3 is 13.6 Å². The average Bonchev–Trinajstić information content (AvgIpc) is 3.25. The highest BCUT2D eigenvalue weighted by Crippen LogP contribution is 2.26. The third kappa shape index (κ3) is 3.56. The predicted octanol–water partition coefficient (Wildman–Crippen LogP) is 5.30. The molecule has 0 saturated carbocycles. The number of ether oxygens (including phenoxy) is 1. The van der Waals surface area contributed by atoms with Gasteiger partial charge in [-0.1, -0.05) is 18.2 Å². The van der Waals surface area contributed by atoms with Crippen LogP contribution in [0.15, 0.2) is 57.6 Å². The minimum absolute atomic E-state index is 0.0783. The largest absolute Gasteiger partial charge is 0.464 e. The summed E-state index contributed by atoms with van der Waals surface area (Å²) in [5.74, 6) is 0.840. The van der Waals surface area contributed by atoms with Crippen LogP contribution in [0.25, 0.3) is 22.4 Å². The number of rotatable bonds is 5. The molecule has 5 heteroatoms.